The number of nitriles is 1. The quantitative estimate of drug-likeness (QED) is 0.833. The summed E-state index contributed by atoms with van der Waals surface area (Å²) in [6.07, 6.45) is 0.268. The number of halogens is 1. The molecule has 1 N–H and O–H groups in total. The van der Waals surface area contributed by atoms with E-state index in [2.05, 4.69) is 5.32 Å². The lowest BCUT2D eigenvalue weighted by atomic mass is 10.2. The second-order valence-corrected chi connectivity index (χ2v) is 4.27. The Morgan fingerprint density at radius 3 is 2.89 bits per heavy atom. The molecule has 4 nitrogen and oxygen atoms in total. The van der Waals surface area contributed by atoms with Crippen LogP contribution in [0.3, 0.4) is 0 Å². The number of carbonyl (C=O) groups is 1. The van der Waals surface area contributed by atoms with Crippen LogP contribution in [0.15, 0.2) is 18.2 Å². The number of nitrogens with zero attached hydrogens (tertiary/aromatic N) is 1. The fourth-order valence-corrected chi connectivity index (χ4v) is 1.72. The van der Waals surface area contributed by atoms with Crippen LogP contribution in [0, 0.1) is 11.3 Å². The van der Waals surface area contributed by atoms with Gasteiger partial charge >= 0.3 is 5.97 Å². The van der Waals surface area contributed by atoms with Crippen molar-refractivity contribution in [1.29, 1.82) is 5.26 Å². The summed E-state index contributed by atoms with van der Waals surface area (Å²) in [7, 11) is 0. The molecule has 0 spiro atoms. The molecule has 1 aromatic rings. The van der Waals surface area contributed by atoms with Crippen molar-refractivity contribution in [3.63, 3.8) is 0 Å². The topological polar surface area (TPSA) is 62.1 Å². The Hall–Kier alpha value is -1.73. The molecule has 0 aliphatic rings. The normalized spacial score (nSPS) is 11.4. The van der Waals surface area contributed by atoms with E-state index < -0.39 is 0 Å². The molecule has 0 saturated carbocycles. The van der Waals surface area contributed by atoms with Gasteiger partial charge in [0.2, 0.25) is 0 Å². The minimum Gasteiger partial charge on any atom is -0.466 e. The van der Waals surface area contributed by atoms with E-state index in [-0.39, 0.29) is 18.4 Å². The third-order valence-electron chi connectivity index (χ3n) is 2.28. The molecule has 0 aliphatic carbocycles. The molecule has 96 valence electrons. The summed E-state index contributed by atoms with van der Waals surface area (Å²) in [4.78, 5) is 11.3. The number of hydrogen-bond donors (Lipinski definition) is 1. The van der Waals surface area contributed by atoms with E-state index in [0.29, 0.717) is 22.9 Å². The van der Waals surface area contributed by atoms with Crippen molar-refractivity contribution in [2.24, 2.45) is 0 Å². The van der Waals surface area contributed by atoms with Crippen LogP contribution in [0.1, 0.15) is 25.8 Å². The van der Waals surface area contributed by atoms with Gasteiger partial charge in [0.05, 0.1) is 35.4 Å². The molecule has 0 aliphatic heterocycles. The largest absolute Gasteiger partial charge is 0.466 e. The fraction of sp³-hybridized carbons (Fsp3) is 0.385. The van der Waals surface area contributed by atoms with Crippen LogP contribution in [0.2, 0.25) is 5.02 Å². The maximum absolute atomic E-state index is 11.3. The smallest absolute Gasteiger partial charge is 0.307 e. The zero-order valence-corrected chi connectivity index (χ0v) is 11.1. The molecule has 0 aromatic heterocycles. The Labute approximate surface area is 112 Å². The maximum Gasteiger partial charge on any atom is 0.307 e. The van der Waals surface area contributed by atoms with Crippen LogP contribution in [0.4, 0.5) is 5.69 Å². The number of esters is 1. The third-order valence-corrected chi connectivity index (χ3v) is 2.59. The number of ether oxygens (including phenoxy) is 1. The summed E-state index contributed by atoms with van der Waals surface area (Å²) < 4.78 is 4.86. The molecule has 1 rings (SSSR count). The minimum absolute atomic E-state index is 0.0884. The van der Waals surface area contributed by atoms with Gasteiger partial charge in [-0.25, -0.2) is 0 Å². The first-order chi connectivity index (χ1) is 8.56. The monoisotopic (exact) mass is 266 g/mol. The molecular formula is C13H15ClN2O2. The molecule has 1 atom stereocenters. The van der Waals surface area contributed by atoms with Crippen LogP contribution >= 0.6 is 11.6 Å². The minimum atomic E-state index is -0.248. The number of benzene rings is 1. The molecule has 0 fully saturated rings. The number of anilines is 1. The molecule has 1 unspecified atom stereocenters. The molecule has 0 radical (unpaired) electrons. The van der Waals surface area contributed by atoms with E-state index in [1.807, 2.05) is 13.0 Å². The zero-order valence-electron chi connectivity index (χ0n) is 10.4. The highest BCUT2D eigenvalue weighted by molar-refractivity contribution is 6.33. The highest BCUT2D eigenvalue weighted by Crippen LogP contribution is 2.23. The zero-order chi connectivity index (χ0) is 13.5. The standard InChI is InChI=1S/C13H15ClN2O2/c1-3-18-13(17)6-9(2)16-12-5-4-10(8-15)7-11(12)14/h4-5,7,9,16H,3,6H2,1-2H3. The Bertz CT molecular complexity index is 469. The van der Waals surface area contributed by atoms with Gasteiger partial charge in [-0.3, -0.25) is 4.79 Å². The summed E-state index contributed by atoms with van der Waals surface area (Å²) in [6.45, 7) is 4.02. The van der Waals surface area contributed by atoms with Crippen molar-refractivity contribution >= 4 is 23.3 Å². The summed E-state index contributed by atoms with van der Waals surface area (Å²) >= 11 is 6.02. The van der Waals surface area contributed by atoms with E-state index in [4.69, 9.17) is 21.6 Å². The van der Waals surface area contributed by atoms with Crippen LogP contribution in [-0.2, 0) is 9.53 Å². The first-order valence-electron chi connectivity index (χ1n) is 5.68. The molecule has 0 heterocycles. The first kappa shape index (κ1) is 14.3. The lowest BCUT2D eigenvalue weighted by Crippen LogP contribution is -2.21. The van der Waals surface area contributed by atoms with E-state index in [1.54, 1.807) is 25.1 Å². The molecule has 0 amide bonds. The van der Waals surface area contributed by atoms with Crippen molar-refractivity contribution in [1.82, 2.24) is 0 Å². The SMILES string of the molecule is CCOC(=O)CC(C)Nc1ccc(C#N)cc1Cl. The number of rotatable bonds is 5. The average molecular weight is 267 g/mol. The molecule has 18 heavy (non-hydrogen) atoms. The van der Waals surface area contributed by atoms with E-state index in [0.717, 1.165) is 0 Å². The molecule has 0 saturated heterocycles. The van der Waals surface area contributed by atoms with Gasteiger partial charge in [-0.15, -0.1) is 0 Å². The molecule has 1 aromatic carbocycles. The van der Waals surface area contributed by atoms with Crippen molar-refractivity contribution in [3.05, 3.63) is 28.8 Å². The highest BCUT2D eigenvalue weighted by Gasteiger charge is 2.11. The van der Waals surface area contributed by atoms with Crippen LogP contribution in [0.5, 0.6) is 0 Å². The first-order valence-corrected chi connectivity index (χ1v) is 6.06. The van der Waals surface area contributed by atoms with Crippen molar-refractivity contribution in [3.8, 4) is 6.07 Å². The van der Waals surface area contributed by atoms with Gasteiger partial charge in [0.25, 0.3) is 0 Å². The Kier molecular flexibility index (Phi) is 5.47. The second-order valence-electron chi connectivity index (χ2n) is 3.86. The highest BCUT2D eigenvalue weighted by atomic mass is 35.5. The van der Waals surface area contributed by atoms with Crippen molar-refractivity contribution in [2.75, 3.05) is 11.9 Å². The van der Waals surface area contributed by atoms with Gasteiger partial charge in [0.15, 0.2) is 0 Å². The predicted octanol–water partition coefficient (Wildman–Crippen LogP) is 2.97. The summed E-state index contributed by atoms with van der Waals surface area (Å²) in [6, 6.07) is 6.90. The molecular weight excluding hydrogens is 252 g/mol. The Balaban J connectivity index is 2.62. The summed E-state index contributed by atoms with van der Waals surface area (Å²) in [5, 5.41) is 12.3. The maximum atomic E-state index is 11.3. The summed E-state index contributed by atoms with van der Waals surface area (Å²) in [5.74, 6) is -0.248. The number of carbonyl (C=O) groups excluding carboxylic acids is 1. The van der Waals surface area contributed by atoms with Gasteiger partial charge in [0, 0.05) is 6.04 Å². The van der Waals surface area contributed by atoms with Gasteiger partial charge in [-0.05, 0) is 32.0 Å². The van der Waals surface area contributed by atoms with Gasteiger partial charge in [-0.2, -0.15) is 5.26 Å². The summed E-state index contributed by atoms with van der Waals surface area (Å²) in [5.41, 5.74) is 1.20. The predicted molar refractivity (Wildman–Crippen MR) is 70.5 cm³/mol. The van der Waals surface area contributed by atoms with E-state index in [9.17, 15) is 4.79 Å². The lowest BCUT2D eigenvalue weighted by molar-refractivity contribution is -0.143. The Morgan fingerprint density at radius 1 is 1.61 bits per heavy atom. The van der Waals surface area contributed by atoms with Gasteiger partial charge < -0.3 is 10.1 Å². The van der Waals surface area contributed by atoms with Crippen molar-refractivity contribution in [2.45, 2.75) is 26.3 Å². The molecule has 0 bridgehead atoms. The molecule has 5 heteroatoms. The van der Waals surface area contributed by atoms with Crippen LogP contribution < -0.4 is 5.32 Å². The average Bonchev–Trinajstić information content (AvgIpc) is 2.31. The van der Waals surface area contributed by atoms with E-state index >= 15 is 0 Å². The van der Waals surface area contributed by atoms with Gasteiger partial charge in [-0.1, -0.05) is 11.6 Å². The Morgan fingerprint density at radius 2 is 2.33 bits per heavy atom. The number of nitrogens with one attached hydrogen (secondary N) is 1. The number of hydrogen-bond acceptors (Lipinski definition) is 4. The lowest BCUT2D eigenvalue weighted by Gasteiger charge is -2.15. The van der Waals surface area contributed by atoms with E-state index in [1.165, 1.54) is 0 Å². The second kappa shape index (κ2) is 6.87. The van der Waals surface area contributed by atoms with Crippen molar-refractivity contribution < 1.29 is 9.53 Å². The fourth-order valence-electron chi connectivity index (χ4n) is 1.49. The van der Waals surface area contributed by atoms with Gasteiger partial charge in [0.1, 0.15) is 0 Å². The third kappa shape index (κ3) is 4.27. The van der Waals surface area contributed by atoms with Crippen LogP contribution in [-0.4, -0.2) is 18.6 Å². The van der Waals surface area contributed by atoms with Crippen LogP contribution in [0.25, 0.3) is 0 Å².